The molecule has 0 unspecified atom stereocenters. The SMILES string of the molecule is CCOC(=O)/C(F)=C(/C)C1CC1. The Bertz CT molecular complexity index is 217. The molecule has 0 amide bonds. The molecule has 0 heterocycles. The first-order valence-corrected chi connectivity index (χ1v) is 4.20. The van der Waals surface area contributed by atoms with E-state index in [1.165, 1.54) is 0 Å². The molecule has 1 rings (SSSR count). The topological polar surface area (TPSA) is 26.3 Å². The lowest BCUT2D eigenvalue weighted by atomic mass is 10.2. The minimum Gasteiger partial charge on any atom is -0.461 e. The molecular weight excluding hydrogens is 159 g/mol. The Balaban J connectivity index is 2.59. The molecule has 0 atom stereocenters. The van der Waals surface area contributed by atoms with E-state index in [0.717, 1.165) is 12.8 Å². The average molecular weight is 172 g/mol. The summed E-state index contributed by atoms with van der Waals surface area (Å²) in [6.07, 6.45) is 2.00. The predicted octanol–water partition coefficient (Wildman–Crippen LogP) is 2.20. The van der Waals surface area contributed by atoms with Gasteiger partial charge in [0.25, 0.3) is 0 Å². The zero-order valence-electron chi connectivity index (χ0n) is 7.39. The van der Waals surface area contributed by atoms with Crippen LogP contribution in [0.4, 0.5) is 4.39 Å². The van der Waals surface area contributed by atoms with Gasteiger partial charge in [-0.15, -0.1) is 0 Å². The second-order valence-corrected chi connectivity index (χ2v) is 2.99. The van der Waals surface area contributed by atoms with Gasteiger partial charge in [0.1, 0.15) is 0 Å². The first kappa shape index (κ1) is 9.23. The van der Waals surface area contributed by atoms with Crippen LogP contribution in [0.25, 0.3) is 0 Å². The van der Waals surface area contributed by atoms with E-state index in [-0.39, 0.29) is 12.5 Å². The van der Waals surface area contributed by atoms with Crippen molar-refractivity contribution in [2.75, 3.05) is 6.61 Å². The highest BCUT2D eigenvalue weighted by Gasteiger charge is 2.28. The number of esters is 1. The summed E-state index contributed by atoms with van der Waals surface area (Å²) in [4.78, 5) is 10.9. The van der Waals surface area contributed by atoms with Crippen molar-refractivity contribution in [3.05, 3.63) is 11.4 Å². The summed E-state index contributed by atoms with van der Waals surface area (Å²) in [5.41, 5.74) is 0.549. The van der Waals surface area contributed by atoms with Crippen molar-refractivity contribution >= 4 is 5.97 Å². The second-order valence-electron chi connectivity index (χ2n) is 2.99. The van der Waals surface area contributed by atoms with Gasteiger partial charge in [-0.3, -0.25) is 0 Å². The molecule has 0 aromatic rings. The smallest absolute Gasteiger partial charge is 0.367 e. The summed E-state index contributed by atoms with van der Waals surface area (Å²) in [7, 11) is 0. The van der Waals surface area contributed by atoms with Crippen molar-refractivity contribution in [3.8, 4) is 0 Å². The number of rotatable bonds is 3. The van der Waals surface area contributed by atoms with Gasteiger partial charge in [0.15, 0.2) is 0 Å². The van der Waals surface area contributed by atoms with Crippen LogP contribution in [0.1, 0.15) is 26.7 Å². The van der Waals surface area contributed by atoms with Gasteiger partial charge < -0.3 is 4.74 Å². The standard InChI is InChI=1S/C9H13FO2/c1-3-12-9(11)8(10)6(2)7-4-5-7/h7H,3-5H2,1-2H3/b8-6+. The summed E-state index contributed by atoms with van der Waals surface area (Å²) >= 11 is 0. The third-order valence-electron chi connectivity index (χ3n) is 1.99. The maximum absolute atomic E-state index is 13.1. The fourth-order valence-corrected chi connectivity index (χ4v) is 1.05. The summed E-state index contributed by atoms with van der Waals surface area (Å²) in [6, 6.07) is 0. The van der Waals surface area contributed by atoms with E-state index in [2.05, 4.69) is 4.74 Å². The quantitative estimate of drug-likeness (QED) is 0.482. The monoisotopic (exact) mass is 172 g/mol. The number of hydrogen-bond donors (Lipinski definition) is 0. The molecule has 0 N–H and O–H groups in total. The molecule has 1 fully saturated rings. The Labute approximate surface area is 71.4 Å². The van der Waals surface area contributed by atoms with Crippen LogP contribution >= 0.6 is 0 Å². The van der Waals surface area contributed by atoms with Gasteiger partial charge in [0.05, 0.1) is 6.61 Å². The van der Waals surface area contributed by atoms with Gasteiger partial charge in [-0.25, -0.2) is 4.79 Å². The van der Waals surface area contributed by atoms with E-state index in [1.54, 1.807) is 13.8 Å². The molecule has 0 aromatic carbocycles. The van der Waals surface area contributed by atoms with Crippen LogP contribution < -0.4 is 0 Å². The van der Waals surface area contributed by atoms with Crippen LogP contribution in [-0.4, -0.2) is 12.6 Å². The minimum atomic E-state index is -0.818. The van der Waals surface area contributed by atoms with Gasteiger partial charge >= 0.3 is 5.97 Å². The lowest BCUT2D eigenvalue weighted by Crippen LogP contribution is -2.06. The van der Waals surface area contributed by atoms with Gasteiger partial charge in [0.2, 0.25) is 5.83 Å². The molecule has 0 spiro atoms. The molecule has 0 radical (unpaired) electrons. The number of ether oxygens (including phenoxy) is 1. The highest BCUT2D eigenvalue weighted by molar-refractivity contribution is 5.86. The number of halogens is 1. The van der Waals surface area contributed by atoms with Crippen LogP contribution in [0.5, 0.6) is 0 Å². The third kappa shape index (κ3) is 2.06. The maximum Gasteiger partial charge on any atom is 0.367 e. The minimum absolute atomic E-state index is 0.226. The van der Waals surface area contributed by atoms with E-state index in [1.807, 2.05) is 0 Å². The number of carbonyl (C=O) groups excluding carboxylic acids is 1. The Hall–Kier alpha value is -0.860. The fraction of sp³-hybridized carbons (Fsp3) is 0.667. The Kier molecular flexibility index (Phi) is 2.84. The van der Waals surface area contributed by atoms with Crippen molar-refractivity contribution in [2.24, 2.45) is 5.92 Å². The molecular formula is C9H13FO2. The molecule has 0 saturated heterocycles. The molecule has 0 bridgehead atoms. The summed E-state index contributed by atoms with van der Waals surface area (Å²) in [5, 5.41) is 0. The largest absolute Gasteiger partial charge is 0.461 e. The fourth-order valence-electron chi connectivity index (χ4n) is 1.05. The number of allylic oxidation sites excluding steroid dienone is 1. The molecule has 2 nitrogen and oxygen atoms in total. The molecule has 68 valence electrons. The number of carbonyl (C=O) groups is 1. The zero-order valence-corrected chi connectivity index (χ0v) is 7.39. The Morgan fingerprint density at radius 2 is 2.17 bits per heavy atom. The molecule has 1 saturated carbocycles. The van der Waals surface area contributed by atoms with Crippen LogP contribution in [0.3, 0.4) is 0 Å². The van der Waals surface area contributed by atoms with Crippen molar-refractivity contribution in [1.82, 2.24) is 0 Å². The normalized spacial score (nSPS) is 18.6. The van der Waals surface area contributed by atoms with Gasteiger partial charge in [-0.1, -0.05) is 0 Å². The molecule has 12 heavy (non-hydrogen) atoms. The van der Waals surface area contributed by atoms with Gasteiger partial charge in [-0.05, 0) is 38.2 Å². The van der Waals surface area contributed by atoms with E-state index in [0.29, 0.717) is 5.57 Å². The van der Waals surface area contributed by atoms with Crippen LogP contribution in [-0.2, 0) is 9.53 Å². The van der Waals surface area contributed by atoms with Crippen molar-refractivity contribution in [2.45, 2.75) is 26.7 Å². The second kappa shape index (κ2) is 3.70. The van der Waals surface area contributed by atoms with Crippen molar-refractivity contribution in [3.63, 3.8) is 0 Å². The van der Waals surface area contributed by atoms with E-state index in [4.69, 9.17) is 0 Å². The highest BCUT2D eigenvalue weighted by Crippen LogP contribution is 2.38. The Morgan fingerprint density at radius 1 is 1.58 bits per heavy atom. The lowest BCUT2D eigenvalue weighted by Gasteiger charge is -2.01. The summed E-state index contributed by atoms with van der Waals surface area (Å²) in [5.74, 6) is -1.23. The van der Waals surface area contributed by atoms with E-state index >= 15 is 0 Å². The number of hydrogen-bond acceptors (Lipinski definition) is 2. The summed E-state index contributed by atoms with van der Waals surface area (Å²) in [6.45, 7) is 3.55. The van der Waals surface area contributed by atoms with E-state index < -0.39 is 11.8 Å². The highest BCUT2D eigenvalue weighted by atomic mass is 19.1. The lowest BCUT2D eigenvalue weighted by molar-refractivity contribution is -0.140. The van der Waals surface area contributed by atoms with E-state index in [9.17, 15) is 9.18 Å². The first-order valence-electron chi connectivity index (χ1n) is 4.20. The van der Waals surface area contributed by atoms with Crippen LogP contribution in [0.15, 0.2) is 11.4 Å². The van der Waals surface area contributed by atoms with Crippen molar-refractivity contribution < 1.29 is 13.9 Å². The van der Waals surface area contributed by atoms with Gasteiger partial charge in [-0.2, -0.15) is 4.39 Å². The Morgan fingerprint density at radius 3 is 2.58 bits per heavy atom. The van der Waals surface area contributed by atoms with Crippen molar-refractivity contribution in [1.29, 1.82) is 0 Å². The van der Waals surface area contributed by atoms with Crippen LogP contribution in [0, 0.1) is 5.92 Å². The summed E-state index contributed by atoms with van der Waals surface area (Å²) < 4.78 is 17.6. The predicted molar refractivity (Wildman–Crippen MR) is 43.2 cm³/mol. The first-order chi connectivity index (χ1) is 5.66. The third-order valence-corrected chi connectivity index (χ3v) is 1.99. The maximum atomic E-state index is 13.1. The molecule has 0 aromatic heterocycles. The molecule has 3 heteroatoms. The molecule has 1 aliphatic rings. The zero-order chi connectivity index (χ0) is 9.14. The molecule has 0 aliphatic heterocycles. The molecule has 1 aliphatic carbocycles. The van der Waals surface area contributed by atoms with Crippen LogP contribution in [0.2, 0.25) is 0 Å². The van der Waals surface area contributed by atoms with Gasteiger partial charge in [0, 0.05) is 0 Å². The average Bonchev–Trinajstić information content (AvgIpc) is 2.84.